The van der Waals surface area contributed by atoms with Gasteiger partial charge in [0.05, 0.1) is 18.3 Å². The van der Waals surface area contributed by atoms with E-state index in [9.17, 15) is 34.2 Å². The SMILES string of the molecule is CO[C@H]1CCC[C@@](C)(C[C@@H](C)CCC(=O)[C@H](C)/C=C(\C)C[C@@H](OC)C(=O)[C@H](C)C[C@H](C)/C=C/C=C/C=C(\C)[C@H](C[C@@H]2CC[C@@H](C)[C@](O)(C(=O)C(=O)N3CCCC[C@H]3C(=O)O)O2)OC)C1. The molecule has 362 valence electrons. The predicted molar refractivity (Wildman–Crippen MR) is 249 cm³/mol. The highest BCUT2D eigenvalue weighted by molar-refractivity contribution is 6.39. The molecule has 12 nitrogen and oxygen atoms in total. The van der Waals surface area contributed by atoms with Gasteiger partial charge in [0.1, 0.15) is 17.9 Å². The number of carboxylic acid groups (broad SMARTS) is 1. The fourth-order valence-electron chi connectivity index (χ4n) is 10.3. The van der Waals surface area contributed by atoms with E-state index in [0.717, 1.165) is 41.7 Å². The van der Waals surface area contributed by atoms with Crippen LogP contribution in [-0.2, 0) is 42.9 Å². The number of ether oxygens (including phenoxy) is 4. The first-order chi connectivity index (χ1) is 30.2. The van der Waals surface area contributed by atoms with Crippen LogP contribution in [0.3, 0.4) is 0 Å². The number of nitrogens with zero attached hydrogens (tertiary/aromatic N) is 1. The highest BCUT2D eigenvalue weighted by Gasteiger charge is 2.52. The van der Waals surface area contributed by atoms with Crippen LogP contribution in [0.2, 0.25) is 0 Å². The average Bonchev–Trinajstić information content (AvgIpc) is 3.26. The van der Waals surface area contributed by atoms with Crippen LogP contribution in [0.1, 0.15) is 152 Å². The van der Waals surface area contributed by atoms with Crippen molar-refractivity contribution >= 4 is 29.2 Å². The second-order valence-electron chi connectivity index (χ2n) is 20.1. The largest absolute Gasteiger partial charge is 0.480 e. The number of allylic oxidation sites excluding steroid dienone is 6. The molecule has 0 spiro atoms. The molecule has 12 atom stereocenters. The lowest BCUT2D eigenvalue weighted by Gasteiger charge is -2.42. The van der Waals surface area contributed by atoms with E-state index in [4.69, 9.17) is 18.9 Å². The first-order valence-electron chi connectivity index (χ1n) is 24.0. The van der Waals surface area contributed by atoms with Crippen LogP contribution in [0, 0.1) is 35.0 Å². The third-order valence-electron chi connectivity index (χ3n) is 14.2. The number of Topliss-reactive ketones (excluding diaryl/α,β-unsaturated/α-hetero) is 3. The number of likely N-dealkylation sites (tertiary alicyclic amines) is 1. The summed E-state index contributed by atoms with van der Waals surface area (Å²) in [6.45, 7) is 16.3. The quantitative estimate of drug-likeness (QED) is 0.0510. The number of aliphatic hydroxyl groups is 1. The molecule has 2 N–H and O–H groups in total. The number of piperidine rings is 1. The van der Waals surface area contributed by atoms with Crippen molar-refractivity contribution in [3.63, 3.8) is 0 Å². The van der Waals surface area contributed by atoms with Gasteiger partial charge in [0, 0.05) is 64.9 Å². The number of ketones is 3. The third-order valence-corrected chi connectivity index (χ3v) is 14.2. The summed E-state index contributed by atoms with van der Waals surface area (Å²) in [6, 6.07) is -1.10. The van der Waals surface area contributed by atoms with Crippen molar-refractivity contribution in [2.24, 2.45) is 35.0 Å². The first kappa shape index (κ1) is 55.0. The van der Waals surface area contributed by atoms with E-state index in [1.54, 1.807) is 21.1 Å². The van der Waals surface area contributed by atoms with E-state index in [0.29, 0.717) is 63.4 Å². The van der Waals surface area contributed by atoms with E-state index < -0.39 is 47.6 Å². The van der Waals surface area contributed by atoms with Crippen molar-refractivity contribution in [2.45, 2.75) is 188 Å². The van der Waals surface area contributed by atoms with E-state index >= 15 is 0 Å². The van der Waals surface area contributed by atoms with Crippen molar-refractivity contribution in [3.05, 3.63) is 47.6 Å². The van der Waals surface area contributed by atoms with Gasteiger partial charge in [-0.2, -0.15) is 0 Å². The number of carbonyl (C=O) groups excluding carboxylic acids is 4. The van der Waals surface area contributed by atoms with Gasteiger partial charge in [-0.15, -0.1) is 0 Å². The van der Waals surface area contributed by atoms with Gasteiger partial charge in [-0.1, -0.05) is 90.0 Å². The fourth-order valence-corrected chi connectivity index (χ4v) is 10.3. The van der Waals surface area contributed by atoms with Crippen molar-refractivity contribution in [3.8, 4) is 0 Å². The molecule has 0 radical (unpaired) electrons. The number of hydrogen-bond donors (Lipinski definition) is 2. The third kappa shape index (κ3) is 16.2. The molecule has 2 aliphatic heterocycles. The highest BCUT2D eigenvalue weighted by atomic mass is 16.6. The number of carboxylic acids is 1. The Morgan fingerprint density at radius 2 is 1.61 bits per heavy atom. The zero-order valence-electron chi connectivity index (χ0n) is 41.1. The van der Waals surface area contributed by atoms with Crippen molar-refractivity contribution in [1.82, 2.24) is 4.90 Å². The average molecular weight is 898 g/mol. The monoisotopic (exact) mass is 898 g/mol. The summed E-state index contributed by atoms with van der Waals surface area (Å²) in [7, 11) is 4.96. The maximum atomic E-state index is 13.5. The Kier molecular flexibility index (Phi) is 22.5. The summed E-state index contributed by atoms with van der Waals surface area (Å²) in [5.74, 6) is -5.89. The molecule has 1 saturated carbocycles. The molecule has 3 fully saturated rings. The Labute approximate surface area is 384 Å². The summed E-state index contributed by atoms with van der Waals surface area (Å²) in [5, 5.41) is 21.1. The molecule has 2 saturated heterocycles. The number of rotatable bonds is 25. The van der Waals surface area contributed by atoms with Crippen molar-refractivity contribution in [2.75, 3.05) is 27.9 Å². The Balaban J connectivity index is 1.47. The van der Waals surface area contributed by atoms with Crippen LogP contribution >= 0.6 is 0 Å². The second kappa shape index (κ2) is 26.2. The Hall–Kier alpha value is -3.29. The molecule has 0 unspecified atom stereocenters. The van der Waals surface area contributed by atoms with Crippen LogP contribution in [0.5, 0.6) is 0 Å². The number of methoxy groups -OCH3 is 3. The molecule has 1 aliphatic carbocycles. The molecular weight excluding hydrogens is 815 g/mol. The van der Waals surface area contributed by atoms with Gasteiger partial charge >= 0.3 is 5.97 Å². The fraction of sp³-hybridized carbons (Fsp3) is 0.750. The Morgan fingerprint density at radius 1 is 0.906 bits per heavy atom. The Bertz CT molecular complexity index is 1680. The van der Waals surface area contributed by atoms with Crippen LogP contribution in [0.25, 0.3) is 0 Å². The summed E-state index contributed by atoms with van der Waals surface area (Å²) >= 11 is 0. The summed E-state index contributed by atoms with van der Waals surface area (Å²) in [4.78, 5) is 66.2. The maximum absolute atomic E-state index is 13.5. The minimum Gasteiger partial charge on any atom is -0.480 e. The van der Waals surface area contributed by atoms with Gasteiger partial charge in [-0.05, 0) is 107 Å². The van der Waals surface area contributed by atoms with Crippen molar-refractivity contribution in [1.29, 1.82) is 0 Å². The van der Waals surface area contributed by atoms with Gasteiger partial charge in [0.15, 0.2) is 5.78 Å². The van der Waals surface area contributed by atoms with E-state index in [1.165, 1.54) is 12.8 Å². The Morgan fingerprint density at radius 3 is 2.27 bits per heavy atom. The maximum Gasteiger partial charge on any atom is 0.326 e. The molecule has 0 bridgehead atoms. The van der Waals surface area contributed by atoms with Gasteiger partial charge in [0.2, 0.25) is 5.79 Å². The molecule has 2 heterocycles. The topological polar surface area (TPSA) is 166 Å². The molecule has 0 aromatic rings. The molecular formula is C52H83NO11. The normalized spacial score (nSPS) is 29.0. The number of hydrogen-bond acceptors (Lipinski definition) is 10. The van der Waals surface area contributed by atoms with Gasteiger partial charge < -0.3 is 34.1 Å². The number of carbonyl (C=O) groups is 5. The molecule has 3 aliphatic rings. The van der Waals surface area contributed by atoms with Crippen LogP contribution < -0.4 is 0 Å². The van der Waals surface area contributed by atoms with Gasteiger partial charge in [-0.3, -0.25) is 19.2 Å². The predicted octanol–water partition coefficient (Wildman–Crippen LogP) is 9.18. The van der Waals surface area contributed by atoms with Crippen LogP contribution in [0.4, 0.5) is 0 Å². The highest BCUT2D eigenvalue weighted by Crippen LogP contribution is 2.43. The first-order valence-corrected chi connectivity index (χ1v) is 24.0. The summed E-state index contributed by atoms with van der Waals surface area (Å²) in [5.41, 5.74) is 2.15. The standard InChI is InChI=1S/C52H83NO11/c1-34(28-39(6)47(55)46(63-11)30-36(3)29-38(5)44(54)25-22-35(2)32-51(8)26-17-20-42(33-51)61-9)18-13-12-14-19-37(4)45(62-10)31-41-24-23-40(7)52(60,64-41)48(56)49(57)53-27-16-15-21-43(53)50(58)59/h12-14,18-19,29,34-35,38-43,45-46,60H,15-17,20-28,30-33H2,1-11H3,(H,58,59)/b14-12+,18-13+,36-29+,37-19+/t34-,35+,38-,39-,40-,41+,42+,43+,45+,46-,51+,52-/m1/s1. The lowest BCUT2D eigenvalue weighted by atomic mass is 9.69. The minimum absolute atomic E-state index is 0.0505. The van der Waals surface area contributed by atoms with Gasteiger partial charge in [0.25, 0.3) is 11.7 Å². The molecule has 0 aromatic heterocycles. The number of amides is 1. The molecule has 1 amide bonds. The molecule has 0 aromatic carbocycles. The zero-order valence-corrected chi connectivity index (χ0v) is 41.1. The number of aliphatic carboxylic acids is 1. The van der Waals surface area contributed by atoms with Crippen molar-refractivity contribution < 1.29 is 53.1 Å². The second-order valence-corrected chi connectivity index (χ2v) is 20.1. The van der Waals surface area contributed by atoms with E-state index in [2.05, 4.69) is 26.8 Å². The van der Waals surface area contributed by atoms with E-state index in [1.807, 2.05) is 65.2 Å². The van der Waals surface area contributed by atoms with Gasteiger partial charge in [-0.25, -0.2) is 4.79 Å². The summed E-state index contributed by atoms with van der Waals surface area (Å²) < 4.78 is 23.1. The smallest absolute Gasteiger partial charge is 0.326 e. The van der Waals surface area contributed by atoms with Crippen LogP contribution in [-0.4, -0.2) is 108 Å². The zero-order chi connectivity index (χ0) is 47.8. The lowest BCUT2D eigenvalue weighted by Crippen LogP contribution is -2.60. The molecule has 12 heteroatoms. The minimum atomic E-state index is -2.36. The molecule has 3 rings (SSSR count). The molecule has 64 heavy (non-hydrogen) atoms. The van der Waals surface area contributed by atoms with E-state index in [-0.39, 0.29) is 53.8 Å². The lowest BCUT2D eigenvalue weighted by molar-refractivity contribution is -0.265. The summed E-state index contributed by atoms with van der Waals surface area (Å²) in [6.07, 6.45) is 21.7. The van der Waals surface area contributed by atoms with Crippen LogP contribution in [0.15, 0.2) is 47.6 Å².